The lowest BCUT2D eigenvalue weighted by molar-refractivity contribution is -0.136. The number of aromatic nitrogens is 1. The van der Waals surface area contributed by atoms with Gasteiger partial charge in [-0.2, -0.15) is 8.42 Å². The molecule has 41 heavy (non-hydrogen) atoms. The summed E-state index contributed by atoms with van der Waals surface area (Å²) in [7, 11) is -4.78. The van der Waals surface area contributed by atoms with Gasteiger partial charge in [-0.25, -0.2) is 4.98 Å². The minimum absolute atomic E-state index is 0.0433. The first-order valence-corrected chi connectivity index (χ1v) is 16.4. The SMILES string of the molecule is O=C(NCCCCC1CCCCC1)c1coc([C@H]2C(Cc3ccccc3C[C@H](C(=O)O)S(=O)(=O)O)[C@@H]3CC[C@H]2O3)n1. The number of rotatable bonds is 13. The number of nitrogens with zero attached hydrogens (tertiary/aromatic N) is 1. The fourth-order valence-electron chi connectivity index (χ4n) is 6.98. The zero-order valence-electron chi connectivity index (χ0n) is 23.2. The van der Waals surface area contributed by atoms with Gasteiger partial charge in [-0.05, 0) is 42.7 Å². The van der Waals surface area contributed by atoms with Crippen molar-refractivity contribution in [1.82, 2.24) is 10.3 Å². The number of nitrogens with one attached hydrogen (secondary N) is 1. The number of hydrogen-bond acceptors (Lipinski definition) is 7. The van der Waals surface area contributed by atoms with Crippen LogP contribution >= 0.6 is 0 Å². The van der Waals surface area contributed by atoms with Crippen molar-refractivity contribution in [1.29, 1.82) is 0 Å². The number of aliphatic carboxylic acids is 1. The minimum atomic E-state index is -4.78. The molecule has 2 aromatic rings. The third kappa shape index (κ3) is 7.18. The van der Waals surface area contributed by atoms with Crippen molar-refractivity contribution < 1.29 is 36.8 Å². The zero-order chi connectivity index (χ0) is 29.0. The molecular weight excluding hydrogens is 548 g/mol. The Morgan fingerprint density at radius 1 is 1.02 bits per heavy atom. The number of amides is 1. The van der Waals surface area contributed by atoms with Crippen molar-refractivity contribution in [2.24, 2.45) is 11.8 Å². The summed E-state index contributed by atoms with van der Waals surface area (Å²) in [6, 6.07) is 7.05. The molecule has 3 heterocycles. The standard InChI is InChI=1S/C30H40N2O8S/c33-28(31-15-7-6-10-19-8-2-1-3-9-19)23-18-39-29(32-23)27-22(24-13-14-25(27)40-24)16-20-11-4-5-12-21(20)17-26(30(34)35)41(36,37)38/h4-5,11-12,18-19,22,24-27H,1-3,6-10,13-17H2,(H,31,33)(H,34,35)(H,36,37,38)/t22?,24-,25+,26+,27-/m0/s1. The van der Waals surface area contributed by atoms with Gasteiger partial charge in [0, 0.05) is 18.9 Å². The Morgan fingerprint density at radius 2 is 1.76 bits per heavy atom. The topological polar surface area (TPSA) is 156 Å². The first-order valence-electron chi connectivity index (χ1n) is 14.9. The number of carboxylic acid groups (broad SMARTS) is 1. The van der Waals surface area contributed by atoms with E-state index >= 15 is 0 Å². The number of benzene rings is 1. The third-order valence-corrected chi connectivity index (χ3v) is 10.2. The van der Waals surface area contributed by atoms with E-state index in [9.17, 15) is 27.7 Å². The summed E-state index contributed by atoms with van der Waals surface area (Å²) in [5, 5.41) is 10.4. The Bertz CT molecular complexity index is 1320. The van der Waals surface area contributed by atoms with Gasteiger partial charge < -0.3 is 19.6 Å². The first kappa shape index (κ1) is 29.7. The number of carbonyl (C=O) groups is 2. The first-order chi connectivity index (χ1) is 19.7. The van der Waals surface area contributed by atoms with Gasteiger partial charge in [-0.3, -0.25) is 14.1 Å². The lowest BCUT2D eigenvalue weighted by atomic mass is 9.75. The Balaban J connectivity index is 1.21. The molecule has 3 N–H and O–H groups in total. The molecule has 10 nitrogen and oxygen atoms in total. The average molecular weight is 589 g/mol. The number of carbonyl (C=O) groups excluding carboxylic acids is 1. The Labute approximate surface area is 241 Å². The number of carboxylic acids is 1. The quantitative estimate of drug-likeness (QED) is 0.226. The molecular formula is C30H40N2O8S. The fourth-order valence-corrected chi connectivity index (χ4v) is 7.62. The highest BCUT2D eigenvalue weighted by molar-refractivity contribution is 7.87. The maximum absolute atomic E-state index is 12.8. The molecule has 3 fully saturated rings. The predicted molar refractivity (Wildman–Crippen MR) is 150 cm³/mol. The van der Waals surface area contributed by atoms with E-state index in [0.29, 0.717) is 24.4 Å². The Kier molecular flexibility index (Phi) is 9.45. The van der Waals surface area contributed by atoms with E-state index in [2.05, 4.69) is 10.3 Å². The predicted octanol–water partition coefficient (Wildman–Crippen LogP) is 4.54. The van der Waals surface area contributed by atoms with Gasteiger partial charge in [0.2, 0.25) is 5.89 Å². The van der Waals surface area contributed by atoms with E-state index < -0.39 is 21.3 Å². The van der Waals surface area contributed by atoms with Crippen LogP contribution in [0.1, 0.15) is 97.6 Å². The molecule has 1 aromatic carbocycles. The molecule has 1 aliphatic carbocycles. The third-order valence-electron chi connectivity index (χ3n) is 9.13. The molecule has 0 radical (unpaired) electrons. The smallest absolute Gasteiger partial charge is 0.324 e. The van der Waals surface area contributed by atoms with Crippen LogP contribution in [-0.4, -0.2) is 58.9 Å². The summed E-state index contributed by atoms with van der Waals surface area (Å²) in [5.74, 6) is -0.799. The lowest BCUT2D eigenvalue weighted by Gasteiger charge is -2.26. The van der Waals surface area contributed by atoms with Gasteiger partial charge in [0.05, 0.1) is 18.1 Å². The molecule has 0 spiro atoms. The van der Waals surface area contributed by atoms with E-state index in [0.717, 1.165) is 37.2 Å². The van der Waals surface area contributed by atoms with E-state index in [1.807, 2.05) is 12.1 Å². The average Bonchev–Trinajstić information content (AvgIpc) is 3.69. The number of oxazole rings is 1. The molecule has 2 saturated heterocycles. The van der Waals surface area contributed by atoms with E-state index in [1.165, 1.54) is 44.8 Å². The van der Waals surface area contributed by atoms with Crippen molar-refractivity contribution in [3.8, 4) is 0 Å². The second-order valence-electron chi connectivity index (χ2n) is 11.8. The number of unbranched alkanes of at least 4 members (excludes halogenated alkanes) is 1. The summed E-state index contributed by atoms with van der Waals surface area (Å²) < 4.78 is 44.9. The van der Waals surface area contributed by atoms with E-state index in [-0.39, 0.29) is 42.1 Å². The molecule has 3 aliphatic rings. The monoisotopic (exact) mass is 588 g/mol. The molecule has 1 amide bonds. The second-order valence-corrected chi connectivity index (χ2v) is 13.4. The largest absolute Gasteiger partial charge is 0.480 e. The van der Waals surface area contributed by atoms with Crippen LogP contribution in [0.25, 0.3) is 0 Å². The van der Waals surface area contributed by atoms with E-state index in [1.54, 1.807) is 12.1 Å². The van der Waals surface area contributed by atoms with Crippen molar-refractivity contribution >= 4 is 22.0 Å². The van der Waals surface area contributed by atoms with Crippen LogP contribution in [0.2, 0.25) is 0 Å². The molecule has 11 heteroatoms. The molecule has 224 valence electrons. The van der Waals surface area contributed by atoms with Crippen LogP contribution in [0.5, 0.6) is 0 Å². The van der Waals surface area contributed by atoms with Crippen LogP contribution in [0.3, 0.4) is 0 Å². The van der Waals surface area contributed by atoms with Gasteiger partial charge in [0.25, 0.3) is 16.0 Å². The molecule has 1 saturated carbocycles. The van der Waals surface area contributed by atoms with Crippen LogP contribution in [0, 0.1) is 11.8 Å². The maximum Gasteiger partial charge on any atom is 0.324 e. The summed E-state index contributed by atoms with van der Waals surface area (Å²) in [6.07, 6.45) is 13.1. The van der Waals surface area contributed by atoms with Crippen molar-refractivity contribution in [3.63, 3.8) is 0 Å². The molecule has 2 aliphatic heterocycles. The summed E-state index contributed by atoms with van der Waals surface area (Å²) in [5.41, 5.74) is 1.56. The molecule has 1 aromatic heterocycles. The van der Waals surface area contributed by atoms with Crippen LogP contribution in [-0.2, 0) is 32.5 Å². The molecule has 5 rings (SSSR count). The van der Waals surface area contributed by atoms with Crippen LogP contribution < -0.4 is 5.32 Å². The minimum Gasteiger partial charge on any atom is -0.480 e. The van der Waals surface area contributed by atoms with E-state index in [4.69, 9.17) is 9.15 Å². The Morgan fingerprint density at radius 3 is 2.49 bits per heavy atom. The highest BCUT2D eigenvalue weighted by atomic mass is 32.2. The summed E-state index contributed by atoms with van der Waals surface area (Å²) >= 11 is 0. The van der Waals surface area contributed by atoms with Gasteiger partial charge >= 0.3 is 5.97 Å². The van der Waals surface area contributed by atoms with Crippen molar-refractivity contribution in [2.45, 2.75) is 100 Å². The highest BCUT2D eigenvalue weighted by Crippen LogP contribution is 2.50. The molecule has 5 atom stereocenters. The maximum atomic E-state index is 12.8. The van der Waals surface area contributed by atoms with Crippen molar-refractivity contribution in [2.75, 3.05) is 6.54 Å². The molecule has 1 unspecified atom stereocenters. The van der Waals surface area contributed by atoms with Gasteiger partial charge in [-0.15, -0.1) is 0 Å². The van der Waals surface area contributed by atoms with Gasteiger partial charge in [0.15, 0.2) is 10.9 Å². The number of ether oxygens (including phenoxy) is 1. The fraction of sp³-hybridized carbons (Fsp3) is 0.633. The van der Waals surface area contributed by atoms with Crippen LogP contribution in [0.4, 0.5) is 0 Å². The van der Waals surface area contributed by atoms with Crippen LogP contribution in [0.15, 0.2) is 34.9 Å². The summed E-state index contributed by atoms with van der Waals surface area (Å²) in [4.78, 5) is 28.9. The second kappa shape index (κ2) is 13.0. The van der Waals surface area contributed by atoms with Crippen molar-refractivity contribution in [3.05, 3.63) is 53.2 Å². The number of hydrogen-bond donors (Lipinski definition) is 3. The Hall–Kier alpha value is -2.76. The number of fused-ring (bicyclic) bond motifs is 2. The highest BCUT2D eigenvalue weighted by Gasteiger charge is 2.51. The van der Waals surface area contributed by atoms with Gasteiger partial charge in [0.1, 0.15) is 6.26 Å². The summed E-state index contributed by atoms with van der Waals surface area (Å²) in [6.45, 7) is 0.602. The van der Waals surface area contributed by atoms with Gasteiger partial charge in [-0.1, -0.05) is 69.2 Å². The normalized spacial score (nSPS) is 25.3. The zero-order valence-corrected chi connectivity index (χ0v) is 24.1. The lowest BCUT2D eigenvalue weighted by Crippen LogP contribution is -2.32. The molecule has 2 bridgehead atoms.